The van der Waals surface area contributed by atoms with Crippen LogP contribution in [0.25, 0.3) is 5.69 Å². The number of aromatic nitrogens is 3. The zero-order valence-electron chi connectivity index (χ0n) is 10.8. The minimum absolute atomic E-state index is 0.00179. The smallest absolute Gasteiger partial charge is 0.271 e. The summed E-state index contributed by atoms with van der Waals surface area (Å²) in [5.41, 5.74) is 1.46. The summed E-state index contributed by atoms with van der Waals surface area (Å²) >= 11 is 0. The number of hydrogen-bond acceptors (Lipinski definition) is 4. The van der Waals surface area contributed by atoms with Gasteiger partial charge in [0, 0.05) is 19.7 Å². The number of carbonyl (C=O) groups is 2. The van der Waals surface area contributed by atoms with Crippen molar-refractivity contribution in [3.05, 3.63) is 42.0 Å². The van der Waals surface area contributed by atoms with Crippen LogP contribution in [0.5, 0.6) is 0 Å². The number of nitrogens with zero attached hydrogens (tertiary/aromatic N) is 3. The largest absolute Gasteiger partial charge is 0.354 e. The molecule has 98 valence electrons. The Morgan fingerprint density at radius 3 is 2.63 bits per heavy atom. The van der Waals surface area contributed by atoms with E-state index in [9.17, 15) is 9.59 Å². The quantitative estimate of drug-likeness (QED) is 0.836. The van der Waals surface area contributed by atoms with Crippen molar-refractivity contribution in [2.45, 2.75) is 13.3 Å². The van der Waals surface area contributed by atoms with Gasteiger partial charge in [0.05, 0.1) is 11.9 Å². The molecule has 2 aromatic rings. The van der Waals surface area contributed by atoms with Crippen LogP contribution in [0.15, 0.2) is 30.6 Å². The molecule has 0 aromatic carbocycles. The second kappa shape index (κ2) is 5.43. The molecule has 1 amide bonds. The lowest BCUT2D eigenvalue weighted by atomic mass is 10.2. The molecule has 0 saturated carbocycles. The summed E-state index contributed by atoms with van der Waals surface area (Å²) in [4.78, 5) is 26.9. The topological polar surface area (TPSA) is 76.9 Å². The Kier molecular flexibility index (Phi) is 3.70. The van der Waals surface area contributed by atoms with Crippen molar-refractivity contribution in [3.63, 3.8) is 0 Å². The summed E-state index contributed by atoms with van der Waals surface area (Å²) in [7, 11) is 1.55. The lowest BCUT2D eigenvalue weighted by Gasteiger charge is -2.02. The van der Waals surface area contributed by atoms with Crippen LogP contribution in [0.4, 0.5) is 0 Å². The number of amides is 1. The van der Waals surface area contributed by atoms with Gasteiger partial charge in [-0.15, -0.1) is 0 Å². The van der Waals surface area contributed by atoms with E-state index in [4.69, 9.17) is 0 Å². The molecule has 0 aliphatic rings. The second-order valence-electron chi connectivity index (χ2n) is 3.90. The summed E-state index contributed by atoms with van der Waals surface area (Å²) in [6.45, 7) is 1.79. The van der Waals surface area contributed by atoms with Gasteiger partial charge in [-0.05, 0) is 18.2 Å². The van der Waals surface area contributed by atoms with Crippen LogP contribution in [0.3, 0.4) is 0 Å². The highest BCUT2D eigenvalue weighted by Gasteiger charge is 2.09. The first-order valence-corrected chi connectivity index (χ1v) is 5.93. The molecule has 0 spiro atoms. The molecule has 0 aliphatic carbocycles. The number of ketones is 1. The Bertz CT molecular complexity index is 601. The van der Waals surface area contributed by atoms with Crippen molar-refractivity contribution < 1.29 is 9.59 Å². The fourth-order valence-electron chi connectivity index (χ4n) is 1.58. The maximum Gasteiger partial charge on any atom is 0.271 e. The minimum Gasteiger partial charge on any atom is -0.354 e. The van der Waals surface area contributed by atoms with Crippen LogP contribution >= 0.6 is 0 Å². The van der Waals surface area contributed by atoms with Crippen molar-refractivity contribution in [2.75, 3.05) is 7.05 Å². The van der Waals surface area contributed by atoms with E-state index in [-0.39, 0.29) is 11.7 Å². The zero-order chi connectivity index (χ0) is 13.8. The molecule has 2 heterocycles. The van der Waals surface area contributed by atoms with Crippen molar-refractivity contribution in [1.29, 1.82) is 0 Å². The van der Waals surface area contributed by atoms with Crippen molar-refractivity contribution in [2.24, 2.45) is 0 Å². The molecule has 19 heavy (non-hydrogen) atoms. The molecule has 0 aliphatic heterocycles. The molecule has 0 saturated heterocycles. The normalized spacial score (nSPS) is 10.2. The molecule has 0 fully saturated rings. The van der Waals surface area contributed by atoms with E-state index in [2.05, 4.69) is 15.4 Å². The van der Waals surface area contributed by atoms with Gasteiger partial charge in [0.25, 0.3) is 5.91 Å². The summed E-state index contributed by atoms with van der Waals surface area (Å²) in [6, 6.07) is 5.02. The molecule has 2 rings (SSSR count). The number of carbonyl (C=O) groups excluding carboxylic acids is 2. The van der Waals surface area contributed by atoms with E-state index >= 15 is 0 Å². The summed E-state index contributed by atoms with van der Waals surface area (Å²) in [5, 5.41) is 6.63. The summed E-state index contributed by atoms with van der Waals surface area (Å²) in [6.07, 6.45) is 3.65. The molecule has 6 heteroatoms. The van der Waals surface area contributed by atoms with Gasteiger partial charge in [0.15, 0.2) is 11.5 Å². The van der Waals surface area contributed by atoms with Gasteiger partial charge in [0.1, 0.15) is 5.69 Å². The first-order valence-electron chi connectivity index (χ1n) is 5.93. The molecule has 0 radical (unpaired) electrons. The maximum atomic E-state index is 11.5. The van der Waals surface area contributed by atoms with Crippen molar-refractivity contribution in [1.82, 2.24) is 20.1 Å². The van der Waals surface area contributed by atoms with Gasteiger partial charge in [-0.2, -0.15) is 5.10 Å². The third-order valence-corrected chi connectivity index (χ3v) is 2.67. The molecule has 0 atom stereocenters. The van der Waals surface area contributed by atoms with Crippen LogP contribution in [-0.2, 0) is 0 Å². The first-order chi connectivity index (χ1) is 9.15. The third-order valence-electron chi connectivity index (χ3n) is 2.67. The predicted octanol–water partition coefficient (Wildman–Crippen LogP) is 1.22. The van der Waals surface area contributed by atoms with Gasteiger partial charge >= 0.3 is 0 Å². The Morgan fingerprint density at radius 2 is 2.05 bits per heavy atom. The van der Waals surface area contributed by atoms with Crippen LogP contribution in [-0.4, -0.2) is 33.5 Å². The van der Waals surface area contributed by atoms with Gasteiger partial charge in [0.2, 0.25) is 0 Å². The van der Waals surface area contributed by atoms with E-state index < -0.39 is 0 Å². The third kappa shape index (κ3) is 2.67. The van der Waals surface area contributed by atoms with Crippen molar-refractivity contribution >= 4 is 11.7 Å². The Morgan fingerprint density at radius 1 is 1.26 bits per heavy atom. The predicted molar refractivity (Wildman–Crippen MR) is 69.4 cm³/mol. The van der Waals surface area contributed by atoms with E-state index in [0.717, 1.165) is 0 Å². The highest BCUT2D eigenvalue weighted by molar-refractivity contribution is 5.94. The summed E-state index contributed by atoms with van der Waals surface area (Å²) < 4.78 is 1.54. The maximum absolute atomic E-state index is 11.5. The average Bonchev–Trinajstić information content (AvgIpc) is 2.95. The highest BCUT2D eigenvalue weighted by Crippen LogP contribution is 2.08. The van der Waals surface area contributed by atoms with Crippen LogP contribution in [0.1, 0.15) is 34.3 Å². The van der Waals surface area contributed by atoms with E-state index in [0.29, 0.717) is 23.5 Å². The second-order valence-corrected chi connectivity index (χ2v) is 3.90. The molecule has 0 unspecified atom stereocenters. The average molecular weight is 258 g/mol. The van der Waals surface area contributed by atoms with Crippen LogP contribution in [0, 0.1) is 0 Å². The monoisotopic (exact) mass is 258 g/mol. The molecular weight excluding hydrogens is 244 g/mol. The molecule has 0 bridgehead atoms. The Balaban J connectivity index is 2.25. The molecule has 2 aromatic heterocycles. The zero-order valence-corrected chi connectivity index (χ0v) is 10.8. The van der Waals surface area contributed by atoms with Crippen molar-refractivity contribution in [3.8, 4) is 5.69 Å². The first kappa shape index (κ1) is 12.9. The Labute approximate surface area is 110 Å². The van der Waals surface area contributed by atoms with E-state index in [1.54, 1.807) is 44.6 Å². The van der Waals surface area contributed by atoms with Crippen LogP contribution in [0.2, 0.25) is 0 Å². The van der Waals surface area contributed by atoms with E-state index in [1.165, 1.54) is 4.68 Å². The number of hydrogen-bond donors (Lipinski definition) is 1. The van der Waals surface area contributed by atoms with Crippen LogP contribution < -0.4 is 5.32 Å². The standard InChI is InChI=1S/C13H14N4O2/c1-3-12(18)10-5-4-9(8-15-10)17-7-6-11(16-17)13(19)14-2/h4-8H,3H2,1-2H3,(H,14,19). The van der Waals surface area contributed by atoms with Gasteiger partial charge in [-0.3, -0.25) is 14.6 Å². The molecular formula is C13H14N4O2. The fourth-order valence-corrected chi connectivity index (χ4v) is 1.58. The number of nitrogens with one attached hydrogen (secondary N) is 1. The lowest BCUT2D eigenvalue weighted by molar-refractivity contribution is 0.0955. The fraction of sp³-hybridized carbons (Fsp3) is 0.231. The highest BCUT2D eigenvalue weighted by atomic mass is 16.1. The van der Waals surface area contributed by atoms with Gasteiger partial charge in [-0.25, -0.2) is 4.68 Å². The molecule has 6 nitrogen and oxygen atoms in total. The number of rotatable bonds is 4. The molecule has 1 N–H and O–H groups in total. The number of Topliss-reactive ketones (excluding diaryl/α,β-unsaturated/α-hetero) is 1. The number of pyridine rings is 1. The van der Waals surface area contributed by atoms with Gasteiger partial charge < -0.3 is 5.32 Å². The van der Waals surface area contributed by atoms with Gasteiger partial charge in [-0.1, -0.05) is 6.92 Å². The minimum atomic E-state index is -0.246. The Hall–Kier alpha value is -2.50. The lowest BCUT2D eigenvalue weighted by Crippen LogP contribution is -2.18. The summed E-state index contributed by atoms with van der Waals surface area (Å²) in [5.74, 6) is -0.248. The van der Waals surface area contributed by atoms with E-state index in [1.807, 2.05) is 0 Å². The SMILES string of the molecule is CCC(=O)c1ccc(-n2ccc(C(=O)NC)n2)cn1.